The summed E-state index contributed by atoms with van der Waals surface area (Å²) >= 11 is 0. The number of aliphatic hydroxyl groups is 1. The molecule has 6 heteroatoms. The number of rotatable bonds is 7. The SMILES string of the molecule is C=CCc1ccccc1OCC(O)CN1C(=O)N(C)C2(CCCCC2)C1=O. The van der Waals surface area contributed by atoms with E-state index in [9.17, 15) is 14.7 Å². The Morgan fingerprint density at radius 1 is 1.26 bits per heavy atom. The van der Waals surface area contributed by atoms with E-state index in [0.29, 0.717) is 25.0 Å². The highest BCUT2D eigenvalue weighted by Gasteiger charge is 2.55. The van der Waals surface area contributed by atoms with Gasteiger partial charge in [0.25, 0.3) is 5.91 Å². The molecule has 27 heavy (non-hydrogen) atoms. The van der Waals surface area contributed by atoms with E-state index >= 15 is 0 Å². The van der Waals surface area contributed by atoms with Crippen LogP contribution in [0.5, 0.6) is 5.75 Å². The molecule has 146 valence electrons. The molecule has 1 atom stereocenters. The number of nitrogens with zero attached hydrogens (tertiary/aromatic N) is 2. The van der Waals surface area contributed by atoms with Crippen LogP contribution in [0.1, 0.15) is 37.7 Å². The van der Waals surface area contributed by atoms with Crippen molar-refractivity contribution < 1.29 is 19.4 Å². The van der Waals surface area contributed by atoms with Gasteiger partial charge in [0.1, 0.15) is 24.0 Å². The van der Waals surface area contributed by atoms with Gasteiger partial charge >= 0.3 is 6.03 Å². The highest BCUT2D eigenvalue weighted by Crippen LogP contribution is 2.39. The molecule has 1 N–H and O–H groups in total. The summed E-state index contributed by atoms with van der Waals surface area (Å²) in [5.74, 6) is 0.497. The standard InChI is InChI=1S/C21H28N2O4/c1-3-9-16-10-5-6-11-18(16)27-15-17(24)14-23-19(25)21(22(2)20(23)26)12-7-4-8-13-21/h3,5-6,10-11,17,24H,1,4,7-9,12-15H2,2H3. The van der Waals surface area contributed by atoms with Crippen LogP contribution in [0.15, 0.2) is 36.9 Å². The summed E-state index contributed by atoms with van der Waals surface area (Å²) < 4.78 is 5.74. The Balaban J connectivity index is 1.62. The molecular weight excluding hydrogens is 344 g/mol. The summed E-state index contributed by atoms with van der Waals surface area (Å²) in [6.45, 7) is 3.70. The quantitative estimate of drug-likeness (QED) is 0.590. The summed E-state index contributed by atoms with van der Waals surface area (Å²) in [5, 5.41) is 10.4. The topological polar surface area (TPSA) is 70.1 Å². The number of likely N-dealkylation sites (N-methyl/N-ethyl adjacent to an activating group) is 1. The fourth-order valence-electron chi connectivity index (χ4n) is 4.11. The third-order valence-corrected chi connectivity index (χ3v) is 5.65. The van der Waals surface area contributed by atoms with E-state index in [4.69, 9.17) is 4.74 Å². The maximum atomic E-state index is 13.0. The molecule has 3 amide bonds. The molecule has 1 heterocycles. The van der Waals surface area contributed by atoms with Crippen LogP contribution in [0.4, 0.5) is 4.79 Å². The summed E-state index contributed by atoms with van der Waals surface area (Å²) in [7, 11) is 1.69. The molecule has 1 spiro atoms. The fourth-order valence-corrected chi connectivity index (χ4v) is 4.11. The maximum absolute atomic E-state index is 13.0. The van der Waals surface area contributed by atoms with Gasteiger partial charge in [0.05, 0.1) is 6.54 Å². The molecule has 6 nitrogen and oxygen atoms in total. The van der Waals surface area contributed by atoms with Gasteiger partial charge in [0.2, 0.25) is 0 Å². The van der Waals surface area contributed by atoms with Crippen molar-refractivity contribution in [3.8, 4) is 5.75 Å². The number of urea groups is 1. The number of carbonyl (C=O) groups is 2. The van der Waals surface area contributed by atoms with Crippen LogP contribution in [-0.4, -0.2) is 58.7 Å². The summed E-state index contributed by atoms with van der Waals surface area (Å²) in [5.41, 5.74) is 0.265. The zero-order valence-corrected chi connectivity index (χ0v) is 15.9. The Kier molecular flexibility index (Phi) is 5.85. The van der Waals surface area contributed by atoms with Gasteiger partial charge in [-0.25, -0.2) is 4.79 Å². The number of imide groups is 1. The maximum Gasteiger partial charge on any atom is 0.327 e. The van der Waals surface area contributed by atoms with E-state index < -0.39 is 11.6 Å². The van der Waals surface area contributed by atoms with Crippen LogP contribution >= 0.6 is 0 Å². The largest absolute Gasteiger partial charge is 0.491 e. The average Bonchev–Trinajstić information content (AvgIpc) is 2.84. The van der Waals surface area contributed by atoms with Gasteiger partial charge in [-0.15, -0.1) is 6.58 Å². The molecule has 1 saturated carbocycles. The molecule has 1 unspecified atom stereocenters. The first-order valence-electron chi connectivity index (χ1n) is 9.59. The zero-order chi connectivity index (χ0) is 19.4. The number of β-amino-alcohol motifs (C(OH)–C–C–N with tert-alkyl or cyclic N) is 1. The van der Waals surface area contributed by atoms with Gasteiger partial charge < -0.3 is 14.7 Å². The molecule has 1 aliphatic heterocycles. The van der Waals surface area contributed by atoms with Gasteiger partial charge in [-0.2, -0.15) is 0 Å². The van der Waals surface area contributed by atoms with E-state index in [1.54, 1.807) is 18.0 Å². The Labute approximate surface area is 160 Å². The zero-order valence-electron chi connectivity index (χ0n) is 15.9. The second-order valence-electron chi connectivity index (χ2n) is 7.41. The highest BCUT2D eigenvalue weighted by molar-refractivity contribution is 6.07. The predicted molar refractivity (Wildman–Crippen MR) is 103 cm³/mol. The van der Waals surface area contributed by atoms with Crippen molar-refractivity contribution in [1.82, 2.24) is 9.80 Å². The normalized spacial score (nSPS) is 20.2. The Bertz CT molecular complexity index is 712. The molecule has 0 radical (unpaired) electrons. The Hall–Kier alpha value is -2.34. The van der Waals surface area contributed by atoms with Gasteiger partial charge in [0.15, 0.2) is 0 Å². The summed E-state index contributed by atoms with van der Waals surface area (Å²) in [6.07, 6.45) is 5.91. The van der Waals surface area contributed by atoms with Gasteiger partial charge in [-0.3, -0.25) is 9.69 Å². The van der Waals surface area contributed by atoms with Gasteiger partial charge in [-0.05, 0) is 30.9 Å². The van der Waals surface area contributed by atoms with Crippen molar-refractivity contribution in [3.63, 3.8) is 0 Å². The minimum Gasteiger partial charge on any atom is -0.491 e. The third-order valence-electron chi connectivity index (χ3n) is 5.65. The van der Waals surface area contributed by atoms with E-state index in [-0.39, 0.29) is 25.1 Å². The molecule has 1 aromatic rings. The number of allylic oxidation sites excluding steroid dienone is 1. The number of benzene rings is 1. The summed E-state index contributed by atoms with van der Waals surface area (Å²) in [4.78, 5) is 28.3. The predicted octanol–water partition coefficient (Wildman–Crippen LogP) is 2.75. The van der Waals surface area contributed by atoms with Gasteiger partial charge in [0, 0.05) is 7.05 Å². The molecular formula is C21H28N2O4. The first-order chi connectivity index (χ1) is 13.0. The molecule has 1 saturated heterocycles. The third kappa shape index (κ3) is 3.72. The lowest BCUT2D eigenvalue weighted by Crippen LogP contribution is -2.49. The van der Waals surface area contributed by atoms with Crippen molar-refractivity contribution in [2.24, 2.45) is 0 Å². The van der Waals surface area contributed by atoms with Crippen molar-refractivity contribution in [3.05, 3.63) is 42.5 Å². The van der Waals surface area contributed by atoms with Crippen LogP contribution in [0.25, 0.3) is 0 Å². The Morgan fingerprint density at radius 2 is 1.96 bits per heavy atom. The van der Waals surface area contributed by atoms with E-state index in [1.165, 1.54) is 4.90 Å². The summed E-state index contributed by atoms with van der Waals surface area (Å²) in [6, 6.07) is 7.24. The first kappa shape index (κ1) is 19.4. The van der Waals surface area contributed by atoms with Crippen LogP contribution in [0.2, 0.25) is 0 Å². The molecule has 2 aliphatic rings. The van der Waals surface area contributed by atoms with Crippen LogP contribution in [0, 0.1) is 0 Å². The molecule has 2 fully saturated rings. The van der Waals surface area contributed by atoms with Gasteiger partial charge in [-0.1, -0.05) is 43.5 Å². The highest BCUT2D eigenvalue weighted by atomic mass is 16.5. The minimum atomic E-state index is -0.943. The molecule has 0 bridgehead atoms. The first-order valence-corrected chi connectivity index (χ1v) is 9.59. The number of amides is 3. The average molecular weight is 372 g/mol. The molecule has 3 rings (SSSR count). The van der Waals surface area contributed by atoms with E-state index in [2.05, 4.69) is 6.58 Å². The Morgan fingerprint density at radius 3 is 2.67 bits per heavy atom. The van der Waals surface area contributed by atoms with Crippen LogP contribution < -0.4 is 4.74 Å². The van der Waals surface area contributed by atoms with Crippen LogP contribution in [-0.2, 0) is 11.2 Å². The lowest BCUT2D eigenvalue weighted by Gasteiger charge is -2.35. The van der Waals surface area contributed by atoms with Crippen LogP contribution in [0.3, 0.4) is 0 Å². The number of para-hydroxylation sites is 1. The fraction of sp³-hybridized carbons (Fsp3) is 0.524. The number of hydrogen-bond donors (Lipinski definition) is 1. The molecule has 1 aromatic carbocycles. The van der Waals surface area contributed by atoms with Crippen molar-refractivity contribution >= 4 is 11.9 Å². The second kappa shape index (κ2) is 8.13. The van der Waals surface area contributed by atoms with Crippen molar-refractivity contribution in [2.45, 2.75) is 50.2 Å². The monoisotopic (exact) mass is 372 g/mol. The number of carbonyl (C=O) groups excluding carboxylic acids is 2. The number of ether oxygens (including phenoxy) is 1. The minimum absolute atomic E-state index is 0.0158. The molecule has 1 aliphatic carbocycles. The lowest BCUT2D eigenvalue weighted by atomic mass is 9.81. The van der Waals surface area contributed by atoms with E-state index in [0.717, 1.165) is 24.8 Å². The second-order valence-corrected chi connectivity index (χ2v) is 7.41. The van der Waals surface area contributed by atoms with Crippen molar-refractivity contribution in [1.29, 1.82) is 0 Å². The number of hydrogen-bond acceptors (Lipinski definition) is 4. The van der Waals surface area contributed by atoms with E-state index in [1.807, 2.05) is 24.3 Å². The number of aliphatic hydroxyl groups excluding tert-OH is 1. The van der Waals surface area contributed by atoms with Crippen molar-refractivity contribution in [2.75, 3.05) is 20.2 Å². The smallest absolute Gasteiger partial charge is 0.327 e. The molecule has 0 aromatic heterocycles. The lowest BCUT2D eigenvalue weighted by molar-refractivity contribution is -0.135.